The van der Waals surface area contributed by atoms with Gasteiger partial charge in [-0.1, -0.05) is 0 Å². The quantitative estimate of drug-likeness (QED) is 0.870. The Hall–Kier alpha value is -2.26. The monoisotopic (exact) mass is 364 g/mol. The van der Waals surface area contributed by atoms with E-state index in [0.717, 1.165) is 35.5 Å². The fourth-order valence-corrected chi connectivity index (χ4v) is 3.36. The first-order valence-electron chi connectivity index (χ1n) is 8.56. The third-order valence-corrected chi connectivity index (χ3v) is 4.60. The van der Waals surface area contributed by atoms with Crippen molar-refractivity contribution in [3.8, 4) is 0 Å². The molecule has 26 heavy (non-hydrogen) atoms. The average molecular weight is 364 g/mol. The maximum atomic E-state index is 12.6. The number of nitrogens with one attached hydrogen (secondary N) is 2. The Morgan fingerprint density at radius 1 is 1.12 bits per heavy atom. The number of hydrogen-bond acceptors (Lipinski definition) is 6. The molecule has 0 radical (unpaired) electrons. The van der Waals surface area contributed by atoms with Gasteiger partial charge < -0.3 is 10.6 Å². The molecule has 0 atom stereocenters. The van der Waals surface area contributed by atoms with Crippen LogP contribution < -0.4 is 10.6 Å². The van der Waals surface area contributed by atoms with E-state index in [9.17, 15) is 13.2 Å². The van der Waals surface area contributed by atoms with E-state index in [4.69, 9.17) is 0 Å². The SMILES string of the molecule is FC(F)(F)CN1CCc2ncc(Nc3ncc4c(n3)CNCC4)cc2C1. The second-order valence-electron chi connectivity index (χ2n) is 6.62. The summed E-state index contributed by atoms with van der Waals surface area (Å²) < 4.78 is 37.9. The number of pyridine rings is 1. The number of nitrogens with zero attached hydrogens (tertiary/aromatic N) is 4. The largest absolute Gasteiger partial charge is 0.401 e. The van der Waals surface area contributed by atoms with E-state index in [-0.39, 0.29) is 6.54 Å². The Kier molecular flexibility index (Phi) is 4.49. The Balaban J connectivity index is 1.50. The van der Waals surface area contributed by atoms with E-state index < -0.39 is 12.7 Å². The first-order valence-corrected chi connectivity index (χ1v) is 8.56. The minimum Gasteiger partial charge on any atom is -0.323 e. The van der Waals surface area contributed by atoms with Crippen LogP contribution in [0.2, 0.25) is 0 Å². The first kappa shape index (κ1) is 17.2. The van der Waals surface area contributed by atoms with Gasteiger partial charge in [-0.25, -0.2) is 9.97 Å². The molecule has 4 heterocycles. The van der Waals surface area contributed by atoms with Crippen molar-refractivity contribution in [3.63, 3.8) is 0 Å². The van der Waals surface area contributed by atoms with Crippen molar-refractivity contribution in [2.75, 3.05) is 25.0 Å². The van der Waals surface area contributed by atoms with Crippen LogP contribution in [0.5, 0.6) is 0 Å². The first-order chi connectivity index (χ1) is 12.5. The van der Waals surface area contributed by atoms with E-state index in [1.165, 1.54) is 4.90 Å². The Morgan fingerprint density at radius 2 is 2.00 bits per heavy atom. The molecule has 0 spiro atoms. The number of fused-ring (bicyclic) bond motifs is 2. The summed E-state index contributed by atoms with van der Waals surface area (Å²) in [6.45, 7) is 1.35. The normalized spacial score (nSPS) is 17.5. The van der Waals surface area contributed by atoms with Gasteiger partial charge in [0, 0.05) is 37.9 Å². The van der Waals surface area contributed by atoms with Crippen molar-refractivity contribution >= 4 is 11.6 Å². The van der Waals surface area contributed by atoms with E-state index in [2.05, 4.69) is 25.6 Å². The minimum absolute atomic E-state index is 0.242. The zero-order valence-electron chi connectivity index (χ0n) is 14.1. The molecule has 4 rings (SSSR count). The standard InChI is InChI=1S/C17H19F3N6/c18-17(19,20)10-26-4-2-14-12(9-26)5-13(7-22-14)24-16-23-6-11-1-3-21-8-15(11)25-16/h5-7,21H,1-4,8-10H2,(H,23,24,25). The third-order valence-electron chi connectivity index (χ3n) is 4.60. The van der Waals surface area contributed by atoms with Gasteiger partial charge in [-0.3, -0.25) is 9.88 Å². The van der Waals surface area contributed by atoms with E-state index in [0.29, 0.717) is 31.1 Å². The summed E-state index contributed by atoms with van der Waals surface area (Å²) in [7, 11) is 0. The molecule has 0 saturated carbocycles. The summed E-state index contributed by atoms with van der Waals surface area (Å²) in [4.78, 5) is 14.6. The maximum absolute atomic E-state index is 12.6. The van der Waals surface area contributed by atoms with Crippen LogP contribution in [0.25, 0.3) is 0 Å². The van der Waals surface area contributed by atoms with Gasteiger partial charge in [0.1, 0.15) is 0 Å². The molecule has 2 aromatic heterocycles. The van der Waals surface area contributed by atoms with Crippen LogP contribution in [-0.2, 0) is 25.9 Å². The highest BCUT2D eigenvalue weighted by atomic mass is 19.4. The van der Waals surface area contributed by atoms with Gasteiger partial charge >= 0.3 is 6.18 Å². The lowest BCUT2D eigenvalue weighted by Crippen LogP contribution is -2.38. The molecule has 9 heteroatoms. The fourth-order valence-electron chi connectivity index (χ4n) is 3.36. The third kappa shape index (κ3) is 3.94. The van der Waals surface area contributed by atoms with E-state index >= 15 is 0 Å². The van der Waals surface area contributed by atoms with Gasteiger partial charge in [0.2, 0.25) is 5.95 Å². The molecule has 0 aliphatic carbocycles. The summed E-state index contributed by atoms with van der Waals surface area (Å²) in [5.74, 6) is 0.470. The number of anilines is 2. The highest BCUT2D eigenvalue weighted by molar-refractivity contribution is 5.54. The van der Waals surface area contributed by atoms with Crippen molar-refractivity contribution in [2.24, 2.45) is 0 Å². The van der Waals surface area contributed by atoms with Crippen LogP contribution in [0, 0.1) is 0 Å². The number of alkyl halides is 3. The highest BCUT2D eigenvalue weighted by Gasteiger charge is 2.32. The molecule has 0 saturated heterocycles. The molecule has 0 fully saturated rings. The van der Waals surface area contributed by atoms with Crippen LogP contribution in [0.1, 0.15) is 22.5 Å². The van der Waals surface area contributed by atoms with Crippen LogP contribution in [0.4, 0.5) is 24.8 Å². The highest BCUT2D eigenvalue weighted by Crippen LogP contribution is 2.25. The van der Waals surface area contributed by atoms with Gasteiger partial charge in [0.25, 0.3) is 0 Å². The van der Waals surface area contributed by atoms with E-state index in [1.807, 2.05) is 12.3 Å². The molecule has 0 unspecified atom stereocenters. The molecule has 0 aromatic carbocycles. The van der Waals surface area contributed by atoms with Gasteiger partial charge in [-0.2, -0.15) is 13.2 Å². The molecule has 138 valence electrons. The molecular formula is C17H19F3N6. The number of rotatable bonds is 3. The van der Waals surface area contributed by atoms with Crippen LogP contribution in [-0.4, -0.2) is 45.7 Å². The van der Waals surface area contributed by atoms with Crippen LogP contribution in [0.15, 0.2) is 18.5 Å². The molecular weight excluding hydrogens is 345 g/mol. The van der Waals surface area contributed by atoms with Gasteiger partial charge in [0.15, 0.2) is 0 Å². The lowest BCUT2D eigenvalue weighted by molar-refractivity contribution is -0.147. The van der Waals surface area contributed by atoms with Crippen LogP contribution in [0.3, 0.4) is 0 Å². The predicted octanol–water partition coefficient (Wildman–Crippen LogP) is 2.18. The smallest absolute Gasteiger partial charge is 0.323 e. The molecule has 0 amide bonds. The molecule has 2 N–H and O–H groups in total. The number of hydrogen-bond donors (Lipinski definition) is 2. The van der Waals surface area contributed by atoms with Crippen molar-refractivity contribution in [3.05, 3.63) is 41.0 Å². The lowest BCUT2D eigenvalue weighted by Gasteiger charge is -2.29. The lowest BCUT2D eigenvalue weighted by atomic mass is 10.1. The van der Waals surface area contributed by atoms with Crippen molar-refractivity contribution in [1.29, 1.82) is 0 Å². The van der Waals surface area contributed by atoms with Gasteiger partial charge in [-0.05, 0) is 30.2 Å². The molecule has 6 nitrogen and oxygen atoms in total. The second kappa shape index (κ2) is 6.81. The maximum Gasteiger partial charge on any atom is 0.401 e. The van der Waals surface area contributed by atoms with Crippen molar-refractivity contribution < 1.29 is 13.2 Å². The molecule has 2 aliphatic heterocycles. The van der Waals surface area contributed by atoms with Crippen LogP contribution >= 0.6 is 0 Å². The number of halogens is 3. The summed E-state index contributed by atoms with van der Waals surface area (Å²) >= 11 is 0. The number of aromatic nitrogens is 3. The van der Waals surface area contributed by atoms with Crippen molar-refractivity contribution in [2.45, 2.75) is 32.1 Å². The van der Waals surface area contributed by atoms with E-state index in [1.54, 1.807) is 6.20 Å². The fraction of sp³-hybridized carbons (Fsp3) is 0.471. The summed E-state index contributed by atoms with van der Waals surface area (Å²) in [5, 5.41) is 6.38. The second-order valence-corrected chi connectivity index (χ2v) is 6.62. The summed E-state index contributed by atoms with van der Waals surface area (Å²) in [6.07, 6.45) is 0.741. The Morgan fingerprint density at radius 3 is 2.85 bits per heavy atom. The minimum atomic E-state index is -4.19. The topological polar surface area (TPSA) is 66.0 Å². The summed E-state index contributed by atoms with van der Waals surface area (Å²) in [6, 6.07) is 1.84. The summed E-state index contributed by atoms with van der Waals surface area (Å²) in [5.41, 5.74) is 4.45. The molecule has 2 aromatic rings. The van der Waals surface area contributed by atoms with Gasteiger partial charge in [-0.15, -0.1) is 0 Å². The zero-order chi connectivity index (χ0) is 18.1. The molecule has 0 bridgehead atoms. The Bertz CT molecular complexity index is 808. The zero-order valence-corrected chi connectivity index (χ0v) is 14.1. The van der Waals surface area contributed by atoms with Crippen molar-refractivity contribution in [1.82, 2.24) is 25.2 Å². The van der Waals surface area contributed by atoms with Gasteiger partial charge in [0.05, 0.1) is 24.1 Å². The molecule has 2 aliphatic rings. The Labute approximate surface area is 148 Å². The average Bonchev–Trinajstić information content (AvgIpc) is 2.60. The predicted molar refractivity (Wildman–Crippen MR) is 90.0 cm³/mol.